The molecule has 5 N–H and O–H groups in total. The summed E-state index contributed by atoms with van der Waals surface area (Å²) in [7, 11) is 0. The number of hydrogen-bond donors (Lipinski definition) is 5. The Bertz CT molecular complexity index is 1370. The quantitative estimate of drug-likeness (QED) is 0.145. The van der Waals surface area contributed by atoms with Gasteiger partial charge in [0.25, 0.3) is 0 Å². The number of amides is 3. The number of carbonyl (C=O) groups excluding carboxylic acids is 5. The van der Waals surface area contributed by atoms with Crippen LogP contribution in [-0.2, 0) is 40.0 Å². The van der Waals surface area contributed by atoms with E-state index in [0.29, 0.717) is 44.2 Å². The minimum atomic E-state index is -1.56. The number of carbonyl (C=O) groups is 5. The van der Waals surface area contributed by atoms with Gasteiger partial charge >= 0.3 is 18.0 Å². The fraction of sp³-hybridized carbons (Fsp3) is 0.545. The van der Waals surface area contributed by atoms with Crippen molar-refractivity contribution in [3.05, 3.63) is 59.0 Å². The van der Waals surface area contributed by atoms with Gasteiger partial charge in [0.15, 0.2) is 11.4 Å². The highest BCUT2D eigenvalue weighted by Crippen LogP contribution is 2.29. The third-order valence-electron chi connectivity index (χ3n) is 8.38. The van der Waals surface area contributed by atoms with Crippen LogP contribution in [-0.4, -0.2) is 71.8 Å². The predicted molar refractivity (Wildman–Crippen MR) is 166 cm³/mol. The maximum Gasteiger partial charge on any atom is 0.408 e. The first kappa shape index (κ1) is 34.3. The summed E-state index contributed by atoms with van der Waals surface area (Å²) in [5.41, 5.74) is -0.217. The fourth-order valence-electron chi connectivity index (χ4n) is 5.72. The van der Waals surface area contributed by atoms with E-state index >= 15 is 0 Å². The molecule has 3 amide bonds. The second-order valence-corrected chi connectivity index (χ2v) is 12.4. The highest BCUT2D eigenvalue weighted by molar-refractivity contribution is 5.92. The van der Waals surface area contributed by atoms with E-state index < -0.39 is 53.6 Å². The summed E-state index contributed by atoms with van der Waals surface area (Å²) >= 11 is 0. The number of cyclic esters (lactones) is 2. The molecule has 0 aromatic heterocycles. The SMILES string of the molecule is CCC[C@@H]1NC(=O)[C@@H](NC(=O)OCc2ccccc2)C(C)C(=O)OC(C)(C)/C(O)=C\1N[C@H](/C=C1\CCOC1=O)C[C@@H]1CCNC1=O. The lowest BCUT2D eigenvalue weighted by Crippen LogP contribution is -2.57. The molecule has 1 unspecified atom stereocenters. The lowest BCUT2D eigenvalue weighted by molar-refractivity contribution is -0.163. The summed E-state index contributed by atoms with van der Waals surface area (Å²) in [5.74, 6) is -3.90. The molecule has 2 saturated heterocycles. The van der Waals surface area contributed by atoms with Gasteiger partial charge in [-0.05, 0) is 45.6 Å². The van der Waals surface area contributed by atoms with Crippen LogP contribution in [0.1, 0.15) is 65.4 Å². The van der Waals surface area contributed by atoms with Crippen molar-refractivity contribution in [3.63, 3.8) is 0 Å². The van der Waals surface area contributed by atoms with E-state index in [-0.39, 0.29) is 36.5 Å². The number of esters is 2. The van der Waals surface area contributed by atoms with Crippen molar-refractivity contribution in [1.82, 2.24) is 21.3 Å². The number of ether oxygens (including phenoxy) is 3. The molecule has 0 radical (unpaired) electrons. The highest BCUT2D eigenvalue weighted by atomic mass is 16.6. The number of rotatable bonds is 10. The average Bonchev–Trinajstić information content (AvgIpc) is 3.62. The number of aliphatic hydroxyl groups is 1. The molecular weight excluding hydrogens is 596 g/mol. The lowest BCUT2D eigenvalue weighted by atomic mass is 9.92. The Morgan fingerprint density at radius 2 is 1.91 bits per heavy atom. The lowest BCUT2D eigenvalue weighted by Gasteiger charge is -2.36. The van der Waals surface area contributed by atoms with E-state index in [1.54, 1.807) is 30.3 Å². The van der Waals surface area contributed by atoms with Crippen LogP contribution in [0.5, 0.6) is 0 Å². The van der Waals surface area contributed by atoms with Crippen LogP contribution >= 0.6 is 0 Å². The normalized spacial score (nSPS) is 28.0. The molecular formula is C33H44N4O9. The maximum atomic E-state index is 13.8. The monoisotopic (exact) mass is 640 g/mol. The Morgan fingerprint density at radius 1 is 1.17 bits per heavy atom. The molecule has 1 aromatic rings. The van der Waals surface area contributed by atoms with Gasteiger partial charge < -0.3 is 40.6 Å². The zero-order valence-electron chi connectivity index (χ0n) is 26.7. The summed E-state index contributed by atoms with van der Waals surface area (Å²) in [4.78, 5) is 64.8. The van der Waals surface area contributed by atoms with Gasteiger partial charge in [0, 0.05) is 30.5 Å². The molecule has 4 rings (SSSR count). The van der Waals surface area contributed by atoms with Crippen molar-refractivity contribution in [1.29, 1.82) is 0 Å². The van der Waals surface area contributed by atoms with Crippen molar-refractivity contribution in [2.45, 2.75) is 90.1 Å². The topological polar surface area (TPSA) is 181 Å². The largest absolute Gasteiger partial charge is 0.506 e. The molecule has 3 aliphatic heterocycles. The van der Waals surface area contributed by atoms with Crippen LogP contribution < -0.4 is 21.3 Å². The van der Waals surface area contributed by atoms with Crippen molar-refractivity contribution in [2.24, 2.45) is 11.8 Å². The molecule has 250 valence electrons. The molecule has 3 aliphatic rings. The molecule has 0 spiro atoms. The van der Waals surface area contributed by atoms with Gasteiger partial charge in [-0.1, -0.05) is 49.8 Å². The van der Waals surface area contributed by atoms with Gasteiger partial charge in [-0.2, -0.15) is 0 Å². The Hall–Kier alpha value is -4.55. The van der Waals surface area contributed by atoms with E-state index in [9.17, 15) is 29.1 Å². The van der Waals surface area contributed by atoms with E-state index in [2.05, 4.69) is 21.3 Å². The first-order chi connectivity index (χ1) is 21.9. The van der Waals surface area contributed by atoms with Gasteiger partial charge in [0.2, 0.25) is 11.8 Å². The van der Waals surface area contributed by atoms with Crippen LogP contribution in [0, 0.1) is 11.8 Å². The second kappa shape index (κ2) is 15.2. The molecule has 2 fully saturated rings. The molecule has 3 heterocycles. The minimum absolute atomic E-state index is 0.0422. The van der Waals surface area contributed by atoms with E-state index in [1.165, 1.54) is 20.8 Å². The molecule has 46 heavy (non-hydrogen) atoms. The zero-order chi connectivity index (χ0) is 33.4. The summed E-state index contributed by atoms with van der Waals surface area (Å²) < 4.78 is 16.2. The number of benzene rings is 1. The van der Waals surface area contributed by atoms with E-state index in [1.807, 2.05) is 13.0 Å². The first-order valence-electron chi connectivity index (χ1n) is 15.8. The van der Waals surface area contributed by atoms with E-state index in [0.717, 1.165) is 5.56 Å². The van der Waals surface area contributed by atoms with Gasteiger partial charge in [0.05, 0.1) is 24.3 Å². The molecule has 13 heteroatoms. The molecule has 5 atom stereocenters. The number of nitrogens with one attached hydrogen (secondary N) is 4. The van der Waals surface area contributed by atoms with Crippen molar-refractivity contribution < 1.29 is 43.3 Å². The van der Waals surface area contributed by atoms with Crippen LogP contribution in [0.3, 0.4) is 0 Å². The minimum Gasteiger partial charge on any atom is -0.506 e. The third-order valence-corrected chi connectivity index (χ3v) is 8.38. The maximum absolute atomic E-state index is 13.8. The Kier molecular flexibility index (Phi) is 11.3. The molecule has 0 saturated carbocycles. The van der Waals surface area contributed by atoms with Crippen molar-refractivity contribution in [3.8, 4) is 0 Å². The summed E-state index contributed by atoms with van der Waals surface area (Å²) in [6, 6.07) is 6.20. The van der Waals surface area contributed by atoms with Gasteiger partial charge in [-0.3, -0.25) is 14.4 Å². The Balaban J connectivity index is 1.65. The summed E-state index contributed by atoms with van der Waals surface area (Å²) in [6.45, 7) is 7.12. The smallest absolute Gasteiger partial charge is 0.408 e. The predicted octanol–water partition coefficient (Wildman–Crippen LogP) is 2.67. The van der Waals surface area contributed by atoms with Gasteiger partial charge in [-0.15, -0.1) is 0 Å². The van der Waals surface area contributed by atoms with E-state index in [4.69, 9.17) is 14.2 Å². The third kappa shape index (κ3) is 8.58. The number of aliphatic hydroxyl groups excluding tert-OH is 1. The Morgan fingerprint density at radius 3 is 2.54 bits per heavy atom. The van der Waals surface area contributed by atoms with Crippen LogP contribution in [0.4, 0.5) is 4.79 Å². The number of hydrogen-bond acceptors (Lipinski definition) is 10. The first-order valence-corrected chi connectivity index (χ1v) is 15.8. The van der Waals surface area contributed by atoms with Crippen molar-refractivity contribution >= 4 is 29.8 Å². The van der Waals surface area contributed by atoms with Crippen molar-refractivity contribution in [2.75, 3.05) is 13.2 Å². The second-order valence-electron chi connectivity index (χ2n) is 12.4. The summed E-state index contributed by atoms with van der Waals surface area (Å²) in [5, 5.41) is 23.2. The standard InChI is InChI=1S/C33H44N4O9/c1-5-9-24-26(35-23(16-21-12-14-34-28(21)39)17-22-13-15-44-31(22)42)27(38)33(3,4)46-30(41)19(2)25(29(40)36-24)37-32(43)45-18-20-10-7-6-8-11-20/h6-8,10-11,17,19,21,23-25,35,38H,5,9,12-16,18H2,1-4H3,(H,34,39)(H,36,40)(H,37,43)/b22-17+,27-26-/t19?,21-,23-,24-,25-/m0/s1. The fourth-order valence-corrected chi connectivity index (χ4v) is 5.72. The molecule has 0 aliphatic carbocycles. The zero-order valence-corrected chi connectivity index (χ0v) is 26.7. The summed E-state index contributed by atoms with van der Waals surface area (Å²) in [6.07, 6.45) is 3.02. The van der Waals surface area contributed by atoms with Gasteiger partial charge in [0.1, 0.15) is 12.6 Å². The average molecular weight is 641 g/mol. The van der Waals surface area contributed by atoms with Crippen LogP contribution in [0.15, 0.2) is 53.4 Å². The van der Waals surface area contributed by atoms with Crippen LogP contribution in [0.25, 0.3) is 0 Å². The number of alkyl carbamates (subject to hydrolysis) is 1. The molecule has 0 bridgehead atoms. The highest BCUT2D eigenvalue weighted by Gasteiger charge is 2.42. The Labute approximate surface area is 268 Å². The molecule has 1 aromatic carbocycles. The van der Waals surface area contributed by atoms with Gasteiger partial charge in [-0.25, -0.2) is 9.59 Å². The molecule has 13 nitrogen and oxygen atoms in total. The van der Waals surface area contributed by atoms with Crippen LogP contribution in [0.2, 0.25) is 0 Å².